The average molecular weight is 379 g/mol. The van der Waals surface area contributed by atoms with Crippen molar-refractivity contribution in [3.63, 3.8) is 0 Å². The summed E-state index contributed by atoms with van der Waals surface area (Å²) in [5.74, 6) is -0.463. The number of hydrogen-bond acceptors (Lipinski definition) is 4. The SMILES string of the molecule is O=C(N[C@H]1CCN(Cc2ccccc2)C1)c1ccc(OCC(F)(F)F)nc1. The van der Waals surface area contributed by atoms with E-state index in [4.69, 9.17) is 0 Å². The standard InChI is InChI=1S/C19H20F3N3O2/c20-19(21,22)13-27-17-7-6-15(10-23-17)18(26)24-16-8-9-25(12-16)11-14-4-2-1-3-5-14/h1-7,10,16H,8-9,11-13H2,(H,24,26)/t16-/m0/s1. The van der Waals surface area contributed by atoms with Crippen molar-refractivity contribution in [1.82, 2.24) is 15.2 Å². The lowest BCUT2D eigenvalue weighted by Gasteiger charge is -2.17. The van der Waals surface area contributed by atoms with Crippen molar-refractivity contribution in [3.8, 4) is 5.88 Å². The van der Waals surface area contributed by atoms with Gasteiger partial charge in [0.1, 0.15) is 0 Å². The molecule has 2 heterocycles. The number of alkyl halides is 3. The average Bonchev–Trinajstić information content (AvgIpc) is 3.07. The molecule has 1 aromatic carbocycles. The Balaban J connectivity index is 1.47. The van der Waals surface area contributed by atoms with Crippen LogP contribution in [-0.2, 0) is 6.54 Å². The van der Waals surface area contributed by atoms with Gasteiger partial charge < -0.3 is 10.1 Å². The molecular weight excluding hydrogens is 359 g/mol. The number of nitrogens with one attached hydrogen (secondary N) is 1. The maximum Gasteiger partial charge on any atom is 0.422 e. The number of benzene rings is 1. The first-order chi connectivity index (χ1) is 12.9. The van der Waals surface area contributed by atoms with E-state index in [-0.39, 0.29) is 23.4 Å². The lowest BCUT2D eigenvalue weighted by Crippen LogP contribution is -2.37. The first-order valence-electron chi connectivity index (χ1n) is 8.62. The van der Waals surface area contributed by atoms with E-state index >= 15 is 0 Å². The number of halogens is 3. The summed E-state index contributed by atoms with van der Waals surface area (Å²) in [5.41, 5.74) is 1.51. The fourth-order valence-electron chi connectivity index (χ4n) is 2.96. The van der Waals surface area contributed by atoms with Crippen LogP contribution >= 0.6 is 0 Å². The van der Waals surface area contributed by atoms with Gasteiger partial charge in [-0.05, 0) is 18.1 Å². The van der Waals surface area contributed by atoms with Crippen LogP contribution in [0.4, 0.5) is 13.2 Å². The molecule has 1 N–H and O–H groups in total. The highest BCUT2D eigenvalue weighted by molar-refractivity contribution is 5.94. The number of nitrogens with zero attached hydrogens (tertiary/aromatic N) is 2. The molecule has 5 nitrogen and oxygen atoms in total. The van der Waals surface area contributed by atoms with Gasteiger partial charge in [0, 0.05) is 37.9 Å². The van der Waals surface area contributed by atoms with Crippen molar-refractivity contribution in [2.24, 2.45) is 0 Å². The fraction of sp³-hybridized carbons (Fsp3) is 0.368. The number of likely N-dealkylation sites (tertiary alicyclic amines) is 1. The van der Waals surface area contributed by atoms with Gasteiger partial charge >= 0.3 is 6.18 Å². The third kappa shape index (κ3) is 5.96. The molecule has 0 saturated carbocycles. The Labute approximate surface area is 155 Å². The Morgan fingerprint density at radius 2 is 2.00 bits per heavy atom. The van der Waals surface area contributed by atoms with Crippen molar-refractivity contribution in [3.05, 3.63) is 59.8 Å². The van der Waals surface area contributed by atoms with Crippen LogP contribution in [0.5, 0.6) is 5.88 Å². The monoisotopic (exact) mass is 379 g/mol. The van der Waals surface area contributed by atoms with E-state index < -0.39 is 12.8 Å². The zero-order valence-electron chi connectivity index (χ0n) is 14.6. The lowest BCUT2D eigenvalue weighted by atomic mass is 10.2. The maximum atomic E-state index is 12.3. The van der Waals surface area contributed by atoms with Crippen LogP contribution in [0.15, 0.2) is 48.7 Å². The molecule has 2 aromatic rings. The molecule has 1 atom stereocenters. The van der Waals surface area contributed by atoms with Gasteiger partial charge in [0.05, 0.1) is 5.56 Å². The minimum Gasteiger partial charge on any atom is -0.468 e. The summed E-state index contributed by atoms with van der Waals surface area (Å²) >= 11 is 0. The van der Waals surface area contributed by atoms with Crippen molar-refractivity contribution in [2.75, 3.05) is 19.7 Å². The van der Waals surface area contributed by atoms with E-state index in [1.807, 2.05) is 18.2 Å². The molecule has 1 fully saturated rings. The number of ether oxygens (including phenoxy) is 1. The van der Waals surface area contributed by atoms with Crippen LogP contribution in [-0.4, -0.2) is 47.7 Å². The molecule has 1 saturated heterocycles. The van der Waals surface area contributed by atoms with Crippen molar-refractivity contribution >= 4 is 5.91 Å². The molecule has 8 heteroatoms. The van der Waals surface area contributed by atoms with Crippen LogP contribution in [0, 0.1) is 0 Å². The molecule has 3 rings (SSSR count). The second-order valence-electron chi connectivity index (χ2n) is 6.47. The summed E-state index contributed by atoms with van der Waals surface area (Å²) < 4.78 is 40.9. The predicted molar refractivity (Wildman–Crippen MR) is 93.4 cm³/mol. The summed E-state index contributed by atoms with van der Waals surface area (Å²) in [5, 5.41) is 2.95. The Morgan fingerprint density at radius 1 is 1.22 bits per heavy atom. The van der Waals surface area contributed by atoms with E-state index in [0.29, 0.717) is 0 Å². The van der Waals surface area contributed by atoms with Crippen molar-refractivity contribution in [2.45, 2.75) is 25.2 Å². The van der Waals surface area contributed by atoms with Gasteiger partial charge in [0.25, 0.3) is 5.91 Å². The maximum absolute atomic E-state index is 12.3. The Morgan fingerprint density at radius 3 is 2.67 bits per heavy atom. The fourth-order valence-corrected chi connectivity index (χ4v) is 2.96. The molecule has 0 spiro atoms. The minimum atomic E-state index is -4.42. The number of hydrogen-bond donors (Lipinski definition) is 1. The van der Waals surface area contributed by atoms with Crippen LogP contribution in [0.25, 0.3) is 0 Å². The molecule has 27 heavy (non-hydrogen) atoms. The minimum absolute atomic E-state index is 0.0300. The van der Waals surface area contributed by atoms with Crippen LogP contribution in [0.2, 0.25) is 0 Å². The quantitative estimate of drug-likeness (QED) is 0.838. The van der Waals surface area contributed by atoms with E-state index in [9.17, 15) is 18.0 Å². The summed E-state index contributed by atoms with van der Waals surface area (Å²) in [6.07, 6.45) is -2.36. The van der Waals surface area contributed by atoms with Crippen molar-refractivity contribution < 1.29 is 22.7 Å². The Hall–Kier alpha value is -2.61. The smallest absolute Gasteiger partial charge is 0.422 e. The van der Waals surface area contributed by atoms with Gasteiger partial charge in [0.2, 0.25) is 5.88 Å². The zero-order valence-corrected chi connectivity index (χ0v) is 14.6. The summed E-state index contributed by atoms with van der Waals surface area (Å²) in [7, 11) is 0. The molecule has 0 unspecified atom stereocenters. The zero-order chi connectivity index (χ0) is 19.3. The van der Waals surface area contributed by atoms with Gasteiger partial charge in [-0.2, -0.15) is 13.2 Å². The molecule has 1 amide bonds. The van der Waals surface area contributed by atoms with Crippen LogP contribution in [0.3, 0.4) is 0 Å². The summed E-state index contributed by atoms with van der Waals surface area (Å²) in [4.78, 5) is 18.3. The third-order valence-corrected chi connectivity index (χ3v) is 4.24. The van der Waals surface area contributed by atoms with Gasteiger partial charge in [0.15, 0.2) is 6.61 Å². The number of carbonyl (C=O) groups is 1. The van der Waals surface area contributed by atoms with Gasteiger partial charge in [-0.3, -0.25) is 9.69 Å². The molecule has 144 valence electrons. The second kappa shape index (κ2) is 8.39. The first-order valence-corrected chi connectivity index (χ1v) is 8.62. The lowest BCUT2D eigenvalue weighted by molar-refractivity contribution is -0.154. The number of aromatic nitrogens is 1. The molecule has 0 bridgehead atoms. The molecular formula is C19H20F3N3O2. The van der Waals surface area contributed by atoms with Gasteiger partial charge in [-0.25, -0.2) is 4.98 Å². The summed E-state index contributed by atoms with van der Waals surface area (Å²) in [6, 6.07) is 12.8. The highest BCUT2D eigenvalue weighted by Gasteiger charge is 2.29. The predicted octanol–water partition coefficient (Wildman–Crippen LogP) is 3.03. The molecule has 0 aliphatic carbocycles. The normalized spacial score (nSPS) is 17.7. The number of amides is 1. The Kier molecular flexibility index (Phi) is 5.95. The van der Waals surface area contributed by atoms with E-state index in [1.54, 1.807) is 0 Å². The molecule has 1 aromatic heterocycles. The number of carbonyl (C=O) groups excluding carboxylic acids is 1. The number of rotatable bonds is 6. The number of pyridine rings is 1. The van der Waals surface area contributed by atoms with E-state index in [0.717, 1.165) is 26.1 Å². The molecule has 0 radical (unpaired) electrons. The molecule has 1 aliphatic rings. The second-order valence-corrected chi connectivity index (χ2v) is 6.47. The van der Waals surface area contributed by atoms with Crippen LogP contribution in [0.1, 0.15) is 22.3 Å². The van der Waals surface area contributed by atoms with Gasteiger partial charge in [-0.15, -0.1) is 0 Å². The topological polar surface area (TPSA) is 54.5 Å². The third-order valence-electron chi connectivity index (χ3n) is 4.24. The summed E-state index contributed by atoms with van der Waals surface area (Å²) in [6.45, 7) is 1.06. The van der Waals surface area contributed by atoms with Crippen LogP contribution < -0.4 is 10.1 Å². The largest absolute Gasteiger partial charge is 0.468 e. The van der Waals surface area contributed by atoms with Gasteiger partial charge in [-0.1, -0.05) is 30.3 Å². The highest BCUT2D eigenvalue weighted by Crippen LogP contribution is 2.17. The highest BCUT2D eigenvalue weighted by atomic mass is 19.4. The van der Waals surface area contributed by atoms with Crippen molar-refractivity contribution in [1.29, 1.82) is 0 Å². The molecule has 1 aliphatic heterocycles. The first kappa shape index (κ1) is 19.2. The Bertz CT molecular complexity index is 751. The van der Waals surface area contributed by atoms with E-state index in [2.05, 4.69) is 32.1 Å². The van der Waals surface area contributed by atoms with E-state index in [1.165, 1.54) is 23.9 Å².